The van der Waals surface area contributed by atoms with Crippen molar-refractivity contribution in [2.24, 2.45) is 11.7 Å². The lowest BCUT2D eigenvalue weighted by atomic mass is 9.85. The van der Waals surface area contributed by atoms with Crippen LogP contribution in [0, 0.1) is 11.7 Å². The smallest absolute Gasteiger partial charge is 0.223 e. The average Bonchev–Trinajstić information content (AvgIpc) is 2.61. The van der Waals surface area contributed by atoms with E-state index >= 15 is 0 Å². The molecule has 1 saturated carbocycles. The van der Waals surface area contributed by atoms with Crippen molar-refractivity contribution in [2.45, 2.75) is 37.8 Å². The summed E-state index contributed by atoms with van der Waals surface area (Å²) in [5, 5.41) is 3.67. The Morgan fingerprint density at radius 3 is 2.56 bits per heavy atom. The van der Waals surface area contributed by atoms with Gasteiger partial charge in [-0.3, -0.25) is 4.79 Å². The summed E-state index contributed by atoms with van der Waals surface area (Å²) in [7, 11) is 0. The normalized spacial score (nSPS) is 21.6. The molecule has 0 heterocycles. The van der Waals surface area contributed by atoms with Crippen molar-refractivity contribution >= 4 is 17.5 Å². The molecule has 0 aliphatic heterocycles. The van der Waals surface area contributed by atoms with Gasteiger partial charge in [-0.25, -0.2) is 4.39 Å². The number of carbonyl (C=O) groups is 1. The van der Waals surface area contributed by atoms with E-state index in [1.807, 2.05) is 18.2 Å². The molecule has 1 fully saturated rings. The number of rotatable bonds is 4. The first-order valence-corrected chi connectivity index (χ1v) is 8.98. The first-order valence-electron chi connectivity index (χ1n) is 8.60. The van der Waals surface area contributed by atoms with Crippen LogP contribution in [0.2, 0.25) is 5.02 Å². The molecule has 0 saturated heterocycles. The van der Waals surface area contributed by atoms with Gasteiger partial charge in [0.05, 0.1) is 6.04 Å². The maximum absolute atomic E-state index is 13.3. The summed E-state index contributed by atoms with van der Waals surface area (Å²) >= 11 is 6.35. The summed E-state index contributed by atoms with van der Waals surface area (Å²) in [6, 6.07) is 13.2. The minimum atomic E-state index is -0.417. The molecular formula is C20H22ClFN2O. The lowest BCUT2D eigenvalue weighted by Crippen LogP contribution is -2.39. The molecule has 3 N–H and O–H groups in total. The molecular weight excluding hydrogens is 339 g/mol. The third-order valence-corrected chi connectivity index (χ3v) is 5.14. The van der Waals surface area contributed by atoms with E-state index < -0.39 is 6.04 Å². The summed E-state index contributed by atoms with van der Waals surface area (Å²) in [5.74, 6) is -0.426. The molecule has 3 rings (SSSR count). The first-order chi connectivity index (χ1) is 12.0. The molecule has 1 aliphatic rings. The molecule has 1 amide bonds. The topological polar surface area (TPSA) is 55.1 Å². The summed E-state index contributed by atoms with van der Waals surface area (Å²) in [6.07, 6.45) is 3.48. The SMILES string of the molecule is NC1CCCC(C(=O)NC(c2ccc(F)cc2)c2ccccc2Cl)C1. The number of nitrogens with two attached hydrogens (primary N) is 1. The average molecular weight is 361 g/mol. The molecule has 1 aliphatic carbocycles. The molecule has 132 valence electrons. The molecule has 3 unspecified atom stereocenters. The number of benzene rings is 2. The van der Waals surface area contributed by atoms with Crippen LogP contribution in [-0.2, 0) is 4.79 Å². The van der Waals surface area contributed by atoms with E-state index in [-0.39, 0.29) is 23.7 Å². The lowest BCUT2D eigenvalue weighted by Gasteiger charge is -2.28. The fourth-order valence-corrected chi connectivity index (χ4v) is 3.68. The Morgan fingerprint density at radius 2 is 1.88 bits per heavy atom. The molecule has 2 aromatic carbocycles. The molecule has 5 heteroatoms. The number of hydrogen-bond donors (Lipinski definition) is 2. The maximum atomic E-state index is 13.3. The molecule has 0 spiro atoms. The Balaban J connectivity index is 1.87. The fourth-order valence-electron chi connectivity index (χ4n) is 3.43. The Bertz CT molecular complexity index is 735. The first kappa shape index (κ1) is 17.9. The Kier molecular flexibility index (Phi) is 5.71. The fraction of sp³-hybridized carbons (Fsp3) is 0.350. The maximum Gasteiger partial charge on any atom is 0.223 e. The third-order valence-electron chi connectivity index (χ3n) is 4.79. The van der Waals surface area contributed by atoms with E-state index in [2.05, 4.69) is 5.32 Å². The van der Waals surface area contributed by atoms with Crippen LogP contribution in [0.25, 0.3) is 0 Å². The Hall–Kier alpha value is -1.91. The van der Waals surface area contributed by atoms with Crippen LogP contribution in [0.15, 0.2) is 48.5 Å². The predicted molar refractivity (Wildman–Crippen MR) is 97.8 cm³/mol. The predicted octanol–water partition coefficient (Wildman–Crippen LogP) is 4.20. The van der Waals surface area contributed by atoms with Gasteiger partial charge in [0.25, 0.3) is 0 Å². The molecule has 0 radical (unpaired) electrons. The number of nitrogens with one attached hydrogen (secondary N) is 1. The minimum absolute atomic E-state index is 0.0237. The van der Waals surface area contributed by atoms with Crippen molar-refractivity contribution in [1.29, 1.82) is 0 Å². The molecule has 25 heavy (non-hydrogen) atoms. The Labute approximate surface area is 152 Å². The van der Waals surface area contributed by atoms with Crippen molar-refractivity contribution in [3.8, 4) is 0 Å². The monoisotopic (exact) mass is 360 g/mol. The van der Waals surface area contributed by atoms with Crippen LogP contribution in [0.5, 0.6) is 0 Å². The van der Waals surface area contributed by atoms with Crippen molar-refractivity contribution in [1.82, 2.24) is 5.32 Å². The lowest BCUT2D eigenvalue weighted by molar-refractivity contribution is -0.126. The van der Waals surface area contributed by atoms with Crippen LogP contribution >= 0.6 is 11.6 Å². The summed E-state index contributed by atoms with van der Waals surface area (Å²) in [4.78, 5) is 12.8. The second kappa shape index (κ2) is 7.98. The van der Waals surface area contributed by atoms with Gasteiger partial charge in [-0.15, -0.1) is 0 Å². The number of halogens is 2. The van der Waals surface area contributed by atoms with E-state index in [1.165, 1.54) is 12.1 Å². The molecule has 3 nitrogen and oxygen atoms in total. The van der Waals surface area contributed by atoms with Crippen LogP contribution in [0.3, 0.4) is 0 Å². The highest BCUT2D eigenvalue weighted by Crippen LogP contribution is 2.30. The highest BCUT2D eigenvalue weighted by Gasteiger charge is 2.28. The van der Waals surface area contributed by atoms with E-state index in [4.69, 9.17) is 17.3 Å². The van der Waals surface area contributed by atoms with Gasteiger partial charge in [0.1, 0.15) is 5.82 Å². The highest BCUT2D eigenvalue weighted by atomic mass is 35.5. The van der Waals surface area contributed by atoms with Crippen LogP contribution < -0.4 is 11.1 Å². The van der Waals surface area contributed by atoms with Crippen molar-refractivity contribution < 1.29 is 9.18 Å². The third kappa shape index (κ3) is 4.39. The van der Waals surface area contributed by atoms with E-state index in [1.54, 1.807) is 18.2 Å². The van der Waals surface area contributed by atoms with E-state index in [0.717, 1.165) is 30.4 Å². The van der Waals surface area contributed by atoms with Gasteiger partial charge >= 0.3 is 0 Å². The van der Waals surface area contributed by atoms with Crippen LogP contribution in [-0.4, -0.2) is 11.9 Å². The van der Waals surface area contributed by atoms with E-state index in [0.29, 0.717) is 11.4 Å². The minimum Gasteiger partial charge on any atom is -0.345 e. The van der Waals surface area contributed by atoms with Gasteiger partial charge in [0.15, 0.2) is 0 Å². The molecule has 0 aromatic heterocycles. The summed E-state index contributed by atoms with van der Waals surface area (Å²) in [5.41, 5.74) is 7.60. The Morgan fingerprint density at radius 1 is 1.16 bits per heavy atom. The van der Waals surface area contributed by atoms with Gasteiger partial charge < -0.3 is 11.1 Å². The summed E-state index contributed by atoms with van der Waals surface area (Å²) in [6.45, 7) is 0. The quantitative estimate of drug-likeness (QED) is 0.858. The number of carbonyl (C=O) groups excluding carboxylic acids is 1. The molecule has 0 bridgehead atoms. The van der Waals surface area contributed by atoms with E-state index in [9.17, 15) is 9.18 Å². The van der Waals surface area contributed by atoms with Gasteiger partial charge in [-0.2, -0.15) is 0 Å². The highest BCUT2D eigenvalue weighted by molar-refractivity contribution is 6.31. The molecule has 3 atom stereocenters. The number of amides is 1. The van der Waals surface area contributed by atoms with Crippen molar-refractivity contribution in [3.63, 3.8) is 0 Å². The van der Waals surface area contributed by atoms with Crippen molar-refractivity contribution in [2.75, 3.05) is 0 Å². The van der Waals surface area contributed by atoms with Crippen LogP contribution in [0.1, 0.15) is 42.9 Å². The second-order valence-corrected chi connectivity index (χ2v) is 7.05. The molecule has 2 aromatic rings. The largest absolute Gasteiger partial charge is 0.345 e. The zero-order chi connectivity index (χ0) is 17.8. The summed E-state index contributed by atoms with van der Waals surface area (Å²) < 4.78 is 13.3. The number of hydrogen-bond acceptors (Lipinski definition) is 2. The van der Waals surface area contributed by atoms with Crippen molar-refractivity contribution in [3.05, 3.63) is 70.5 Å². The van der Waals surface area contributed by atoms with Gasteiger partial charge in [-0.1, -0.05) is 48.4 Å². The zero-order valence-corrected chi connectivity index (χ0v) is 14.7. The van der Waals surface area contributed by atoms with Gasteiger partial charge in [-0.05, 0) is 48.6 Å². The van der Waals surface area contributed by atoms with Crippen LogP contribution in [0.4, 0.5) is 4.39 Å². The van der Waals surface area contributed by atoms with Gasteiger partial charge in [0.2, 0.25) is 5.91 Å². The van der Waals surface area contributed by atoms with Gasteiger partial charge in [0, 0.05) is 17.0 Å². The second-order valence-electron chi connectivity index (χ2n) is 6.64. The zero-order valence-electron chi connectivity index (χ0n) is 13.9. The standard InChI is InChI=1S/C20H22ClFN2O/c21-18-7-2-1-6-17(18)19(13-8-10-15(22)11-9-13)24-20(25)14-4-3-5-16(23)12-14/h1-2,6-11,14,16,19H,3-5,12,23H2,(H,24,25).